The molecule has 10 heteroatoms. The Morgan fingerprint density at radius 2 is 2.12 bits per heavy atom. The molecular formula is C16H23N5O4S. The molecule has 1 atom stereocenters. The third kappa shape index (κ3) is 4.13. The van der Waals surface area contributed by atoms with E-state index in [2.05, 4.69) is 9.71 Å². The average molecular weight is 381 g/mol. The molecule has 3 N–H and O–H groups in total. The molecule has 0 aliphatic carbocycles. The van der Waals surface area contributed by atoms with Crippen molar-refractivity contribution in [3.05, 3.63) is 23.9 Å². The van der Waals surface area contributed by atoms with Crippen LogP contribution >= 0.6 is 0 Å². The molecule has 0 aromatic rings. The number of amides is 2. The maximum atomic E-state index is 12.8. The summed E-state index contributed by atoms with van der Waals surface area (Å²) >= 11 is 0. The summed E-state index contributed by atoms with van der Waals surface area (Å²) in [7, 11) is -3.42. The van der Waals surface area contributed by atoms with Crippen LogP contribution in [0.15, 0.2) is 28.3 Å². The predicted molar refractivity (Wildman–Crippen MR) is 96.5 cm³/mol. The van der Waals surface area contributed by atoms with Gasteiger partial charge in [0, 0.05) is 38.9 Å². The molecule has 0 saturated carbocycles. The van der Waals surface area contributed by atoms with E-state index in [9.17, 15) is 18.0 Å². The Hall–Kier alpha value is -2.20. The molecule has 26 heavy (non-hydrogen) atoms. The highest BCUT2D eigenvalue weighted by Crippen LogP contribution is 2.21. The first-order chi connectivity index (χ1) is 12.4. The number of nitrogens with one attached hydrogen (secondary N) is 1. The van der Waals surface area contributed by atoms with E-state index >= 15 is 0 Å². The van der Waals surface area contributed by atoms with Gasteiger partial charge in [-0.25, -0.2) is 8.42 Å². The van der Waals surface area contributed by atoms with Crippen molar-refractivity contribution in [1.82, 2.24) is 15.1 Å². The summed E-state index contributed by atoms with van der Waals surface area (Å²) in [5.74, 6) is -0.216. The summed E-state index contributed by atoms with van der Waals surface area (Å²) in [6.45, 7) is 2.05. The highest BCUT2D eigenvalue weighted by atomic mass is 32.2. The van der Waals surface area contributed by atoms with Crippen molar-refractivity contribution in [3.63, 3.8) is 0 Å². The van der Waals surface area contributed by atoms with Crippen molar-refractivity contribution < 1.29 is 18.0 Å². The Labute approximate surface area is 152 Å². The Bertz CT molecular complexity index is 786. The van der Waals surface area contributed by atoms with E-state index in [1.807, 2.05) is 0 Å². The lowest BCUT2D eigenvalue weighted by Gasteiger charge is -2.33. The Morgan fingerprint density at radius 1 is 1.31 bits per heavy atom. The standard InChI is InChI=1S/C16H23N5O4S/c17-5-6-18-15(22)12-2-1-7-21(10-12)16(23)13-3-4-14-19-26(24,25)9-8-20(14)11-13/h3-4,11-12H,1-2,5-10,17H2,(H,18,22). The number of hydrogen-bond donors (Lipinski definition) is 2. The van der Waals surface area contributed by atoms with Crippen LogP contribution < -0.4 is 11.1 Å². The molecule has 0 spiro atoms. The van der Waals surface area contributed by atoms with Gasteiger partial charge >= 0.3 is 0 Å². The van der Waals surface area contributed by atoms with E-state index in [0.717, 1.165) is 12.8 Å². The number of nitrogens with two attached hydrogens (primary N) is 1. The predicted octanol–water partition coefficient (Wildman–Crippen LogP) is -1.20. The molecule has 0 aromatic heterocycles. The quantitative estimate of drug-likeness (QED) is 0.630. The van der Waals surface area contributed by atoms with Gasteiger partial charge < -0.3 is 20.9 Å². The van der Waals surface area contributed by atoms with E-state index in [4.69, 9.17) is 5.73 Å². The monoisotopic (exact) mass is 381 g/mol. The van der Waals surface area contributed by atoms with E-state index in [1.54, 1.807) is 28.2 Å². The molecule has 2 amide bonds. The lowest BCUT2D eigenvalue weighted by atomic mass is 9.96. The summed E-state index contributed by atoms with van der Waals surface area (Å²) < 4.78 is 26.8. The van der Waals surface area contributed by atoms with Crippen molar-refractivity contribution in [2.75, 3.05) is 38.5 Å². The van der Waals surface area contributed by atoms with Crippen LogP contribution in [0.25, 0.3) is 0 Å². The number of sulfonamides is 1. The third-order valence-electron chi connectivity index (χ3n) is 4.59. The molecule has 3 aliphatic rings. The van der Waals surface area contributed by atoms with Crippen molar-refractivity contribution in [3.8, 4) is 0 Å². The molecule has 0 bridgehead atoms. The highest BCUT2D eigenvalue weighted by molar-refractivity contribution is 7.90. The Morgan fingerprint density at radius 3 is 2.88 bits per heavy atom. The fourth-order valence-corrected chi connectivity index (χ4v) is 4.19. The van der Waals surface area contributed by atoms with Crippen LogP contribution in [0, 0.1) is 5.92 Å². The second-order valence-corrected chi connectivity index (χ2v) is 8.27. The SMILES string of the molecule is NCCNC(=O)C1CCCN(C(=O)C2=CN3CCS(=O)(=O)N=C3C=C2)C1. The van der Waals surface area contributed by atoms with Gasteiger partial charge in [-0.15, -0.1) is 4.40 Å². The van der Waals surface area contributed by atoms with Crippen LogP contribution in [0.5, 0.6) is 0 Å². The van der Waals surface area contributed by atoms with Crippen LogP contribution in [0.2, 0.25) is 0 Å². The first-order valence-electron chi connectivity index (χ1n) is 8.66. The van der Waals surface area contributed by atoms with Crippen LogP contribution in [-0.2, 0) is 19.6 Å². The highest BCUT2D eigenvalue weighted by Gasteiger charge is 2.31. The van der Waals surface area contributed by atoms with Gasteiger partial charge in [0.1, 0.15) is 5.84 Å². The summed E-state index contributed by atoms with van der Waals surface area (Å²) in [4.78, 5) is 28.3. The minimum absolute atomic E-state index is 0.0724. The van der Waals surface area contributed by atoms with Gasteiger partial charge in [0.25, 0.3) is 15.9 Å². The topological polar surface area (TPSA) is 125 Å². The van der Waals surface area contributed by atoms with E-state index in [1.165, 1.54) is 0 Å². The lowest BCUT2D eigenvalue weighted by Crippen LogP contribution is -2.47. The molecule has 142 valence electrons. The van der Waals surface area contributed by atoms with E-state index in [-0.39, 0.29) is 30.0 Å². The maximum absolute atomic E-state index is 12.8. The first kappa shape index (κ1) is 18.6. The normalized spacial score (nSPS) is 24.4. The molecule has 1 fully saturated rings. The molecule has 0 aromatic carbocycles. The zero-order valence-electron chi connectivity index (χ0n) is 14.4. The molecule has 3 heterocycles. The number of hydrogen-bond acceptors (Lipinski definition) is 6. The number of likely N-dealkylation sites (tertiary alicyclic amines) is 1. The number of nitrogens with zero attached hydrogens (tertiary/aromatic N) is 3. The van der Waals surface area contributed by atoms with Gasteiger partial charge in [-0.1, -0.05) is 0 Å². The fourth-order valence-electron chi connectivity index (χ4n) is 3.23. The molecule has 3 rings (SSSR count). The average Bonchev–Trinajstić information content (AvgIpc) is 2.64. The zero-order chi connectivity index (χ0) is 18.7. The number of rotatable bonds is 4. The van der Waals surface area contributed by atoms with Gasteiger partial charge in [-0.2, -0.15) is 0 Å². The van der Waals surface area contributed by atoms with Crippen molar-refractivity contribution in [2.24, 2.45) is 16.0 Å². The van der Waals surface area contributed by atoms with Crippen LogP contribution in [0.3, 0.4) is 0 Å². The number of amidine groups is 1. The van der Waals surface area contributed by atoms with Gasteiger partial charge in [0.15, 0.2) is 0 Å². The van der Waals surface area contributed by atoms with E-state index < -0.39 is 10.0 Å². The molecule has 3 aliphatic heterocycles. The van der Waals surface area contributed by atoms with Gasteiger partial charge in [0.2, 0.25) is 5.91 Å². The molecular weight excluding hydrogens is 358 g/mol. The van der Waals surface area contributed by atoms with Crippen LogP contribution in [-0.4, -0.2) is 74.3 Å². The lowest BCUT2D eigenvalue weighted by molar-refractivity contribution is -0.132. The van der Waals surface area contributed by atoms with Crippen LogP contribution in [0.4, 0.5) is 0 Å². The fraction of sp³-hybridized carbons (Fsp3) is 0.562. The van der Waals surface area contributed by atoms with Crippen molar-refractivity contribution >= 4 is 27.7 Å². The van der Waals surface area contributed by atoms with Crippen molar-refractivity contribution in [1.29, 1.82) is 0 Å². The minimum Gasteiger partial charge on any atom is -0.355 e. The first-order valence-corrected chi connectivity index (χ1v) is 10.3. The summed E-state index contributed by atoms with van der Waals surface area (Å²) in [6, 6.07) is 0. The minimum atomic E-state index is -3.42. The molecule has 0 radical (unpaired) electrons. The largest absolute Gasteiger partial charge is 0.355 e. The van der Waals surface area contributed by atoms with Crippen molar-refractivity contribution in [2.45, 2.75) is 12.8 Å². The molecule has 1 saturated heterocycles. The van der Waals surface area contributed by atoms with Gasteiger partial charge in [-0.05, 0) is 25.0 Å². The van der Waals surface area contributed by atoms with E-state index in [0.29, 0.717) is 37.6 Å². The summed E-state index contributed by atoms with van der Waals surface area (Å²) in [6.07, 6.45) is 6.26. The second-order valence-electron chi connectivity index (χ2n) is 6.52. The van der Waals surface area contributed by atoms with Gasteiger partial charge in [0.05, 0.1) is 17.2 Å². The van der Waals surface area contributed by atoms with Gasteiger partial charge in [-0.3, -0.25) is 9.59 Å². The number of carbonyl (C=O) groups excluding carboxylic acids is 2. The number of fused-ring (bicyclic) bond motifs is 1. The smallest absolute Gasteiger partial charge is 0.256 e. The molecule has 1 unspecified atom stereocenters. The third-order valence-corrected chi connectivity index (χ3v) is 5.76. The zero-order valence-corrected chi connectivity index (χ0v) is 15.2. The second kappa shape index (κ2) is 7.58. The molecule has 9 nitrogen and oxygen atoms in total. The Balaban J connectivity index is 1.67. The summed E-state index contributed by atoms with van der Waals surface area (Å²) in [5.41, 5.74) is 5.87. The number of carbonyl (C=O) groups is 2. The number of piperidine rings is 1. The Kier molecular flexibility index (Phi) is 5.42. The van der Waals surface area contributed by atoms with Crippen LogP contribution in [0.1, 0.15) is 12.8 Å². The summed E-state index contributed by atoms with van der Waals surface area (Å²) in [5, 5.41) is 2.77. The maximum Gasteiger partial charge on any atom is 0.256 e.